The van der Waals surface area contributed by atoms with Crippen LogP contribution in [-0.4, -0.2) is 69.1 Å². The van der Waals surface area contributed by atoms with Gasteiger partial charge in [-0.1, -0.05) is 0 Å². The van der Waals surface area contributed by atoms with Gasteiger partial charge in [0.05, 0.1) is 17.5 Å². The fourth-order valence-corrected chi connectivity index (χ4v) is 5.44. The summed E-state index contributed by atoms with van der Waals surface area (Å²) >= 11 is 0. The van der Waals surface area contributed by atoms with Gasteiger partial charge in [-0.2, -0.15) is 9.40 Å². The molecule has 0 aliphatic carbocycles. The molecule has 2 aromatic rings. The molecular weight excluding hydrogens is 330 g/mol. The first kappa shape index (κ1) is 15.6. The van der Waals surface area contributed by atoms with Crippen LogP contribution in [0.2, 0.25) is 0 Å². The zero-order chi connectivity index (χ0) is 16.7. The van der Waals surface area contributed by atoms with Gasteiger partial charge in [0.2, 0.25) is 16.0 Å². The third-order valence-electron chi connectivity index (χ3n) is 4.90. The minimum atomic E-state index is -3.03. The Kier molecular flexibility index (Phi) is 3.80. The molecule has 1 N–H and O–H groups in total. The molecule has 0 saturated carbocycles. The van der Waals surface area contributed by atoms with Crippen LogP contribution in [0.1, 0.15) is 19.3 Å². The average molecular weight is 351 g/mol. The molecule has 0 bridgehead atoms. The molecular formula is C14H21N7O2S. The van der Waals surface area contributed by atoms with Crippen molar-refractivity contribution in [3.63, 3.8) is 0 Å². The minimum absolute atomic E-state index is 0.121. The monoisotopic (exact) mass is 351 g/mol. The van der Waals surface area contributed by atoms with Crippen LogP contribution < -0.4 is 4.90 Å². The molecule has 0 aromatic carbocycles. The number of H-pyrrole nitrogens is 1. The summed E-state index contributed by atoms with van der Waals surface area (Å²) < 4.78 is 27.8. The van der Waals surface area contributed by atoms with E-state index in [0.29, 0.717) is 12.3 Å². The van der Waals surface area contributed by atoms with Gasteiger partial charge in [0.25, 0.3) is 0 Å². The van der Waals surface area contributed by atoms with E-state index in [9.17, 15) is 8.42 Å². The molecule has 2 saturated heterocycles. The Labute approximate surface area is 140 Å². The number of anilines is 1. The summed E-state index contributed by atoms with van der Waals surface area (Å²) in [4.78, 5) is 2.18. The average Bonchev–Trinajstić information content (AvgIpc) is 3.27. The molecule has 0 atom stereocenters. The maximum Gasteiger partial charge on any atom is 0.227 e. The summed E-state index contributed by atoms with van der Waals surface area (Å²) in [5, 5.41) is 15.3. The van der Waals surface area contributed by atoms with Crippen molar-refractivity contribution in [1.82, 2.24) is 29.3 Å². The van der Waals surface area contributed by atoms with E-state index in [1.54, 1.807) is 16.7 Å². The zero-order valence-electron chi connectivity index (χ0n) is 13.6. The second-order valence-electron chi connectivity index (χ2n) is 6.37. The standard InChI is InChI=1S/C14H21N7O2S/c1-19-13(11-9-15-16-10-11)17-18-14(19)20-6-3-12(4-7-20)21-5-2-8-24(21,22)23/h9-10,12H,2-8H2,1H3,(H,15,16). The van der Waals surface area contributed by atoms with Crippen LogP contribution in [0.5, 0.6) is 0 Å². The molecule has 0 amide bonds. The molecule has 2 aliphatic rings. The molecule has 4 heterocycles. The number of rotatable bonds is 3. The zero-order valence-corrected chi connectivity index (χ0v) is 14.4. The number of nitrogens with zero attached hydrogens (tertiary/aromatic N) is 6. The number of hydrogen-bond donors (Lipinski definition) is 1. The first-order chi connectivity index (χ1) is 11.6. The van der Waals surface area contributed by atoms with E-state index < -0.39 is 10.0 Å². The highest BCUT2D eigenvalue weighted by Crippen LogP contribution is 2.27. The summed E-state index contributed by atoms with van der Waals surface area (Å²) in [5.41, 5.74) is 0.897. The Morgan fingerprint density at radius 2 is 2.00 bits per heavy atom. The molecule has 9 nitrogen and oxygen atoms in total. The summed E-state index contributed by atoms with van der Waals surface area (Å²) in [5.74, 6) is 1.88. The van der Waals surface area contributed by atoms with Crippen molar-refractivity contribution < 1.29 is 8.42 Å². The van der Waals surface area contributed by atoms with Gasteiger partial charge in [-0.05, 0) is 19.3 Å². The Balaban J connectivity index is 1.47. The molecule has 0 unspecified atom stereocenters. The van der Waals surface area contributed by atoms with Gasteiger partial charge in [0.1, 0.15) is 0 Å². The van der Waals surface area contributed by atoms with Crippen LogP contribution in [0.3, 0.4) is 0 Å². The molecule has 24 heavy (non-hydrogen) atoms. The van der Waals surface area contributed by atoms with Crippen LogP contribution in [0.15, 0.2) is 12.4 Å². The van der Waals surface area contributed by atoms with Gasteiger partial charge in [-0.3, -0.25) is 9.67 Å². The van der Waals surface area contributed by atoms with Gasteiger partial charge >= 0.3 is 0 Å². The van der Waals surface area contributed by atoms with Crippen molar-refractivity contribution in [2.75, 3.05) is 30.3 Å². The molecule has 2 fully saturated rings. The first-order valence-electron chi connectivity index (χ1n) is 8.19. The Bertz CT molecular complexity index is 806. The highest BCUT2D eigenvalue weighted by molar-refractivity contribution is 7.89. The van der Waals surface area contributed by atoms with Crippen molar-refractivity contribution in [3.05, 3.63) is 12.4 Å². The fraction of sp³-hybridized carbons (Fsp3) is 0.643. The van der Waals surface area contributed by atoms with E-state index in [1.807, 2.05) is 11.6 Å². The summed E-state index contributed by atoms with van der Waals surface area (Å²) in [7, 11) is -1.09. The van der Waals surface area contributed by atoms with Crippen molar-refractivity contribution in [2.45, 2.75) is 25.3 Å². The number of aromatic amines is 1. The lowest BCUT2D eigenvalue weighted by atomic mass is 10.1. The number of piperidine rings is 1. The topological polar surface area (TPSA) is 100 Å². The van der Waals surface area contributed by atoms with Gasteiger partial charge in [0.15, 0.2) is 5.82 Å². The van der Waals surface area contributed by atoms with Crippen LogP contribution in [-0.2, 0) is 17.1 Å². The van der Waals surface area contributed by atoms with Gasteiger partial charge in [0, 0.05) is 38.9 Å². The van der Waals surface area contributed by atoms with Crippen LogP contribution in [0, 0.1) is 0 Å². The Morgan fingerprint density at radius 1 is 1.21 bits per heavy atom. The Hall–Kier alpha value is -1.94. The molecule has 0 spiro atoms. The largest absolute Gasteiger partial charge is 0.341 e. The third kappa shape index (κ3) is 2.59. The van der Waals surface area contributed by atoms with Crippen molar-refractivity contribution in [1.29, 1.82) is 0 Å². The lowest BCUT2D eigenvalue weighted by Gasteiger charge is -2.36. The lowest BCUT2D eigenvalue weighted by Crippen LogP contribution is -2.46. The minimum Gasteiger partial charge on any atom is -0.341 e. The lowest BCUT2D eigenvalue weighted by molar-refractivity contribution is 0.289. The van der Waals surface area contributed by atoms with E-state index in [2.05, 4.69) is 25.3 Å². The normalized spacial score (nSPS) is 22.3. The number of aromatic nitrogens is 5. The highest BCUT2D eigenvalue weighted by atomic mass is 32.2. The van der Waals surface area contributed by atoms with Crippen LogP contribution in [0.25, 0.3) is 11.4 Å². The predicted octanol–water partition coefficient (Wildman–Crippen LogP) is 0.210. The first-order valence-corrected chi connectivity index (χ1v) is 9.80. The SMILES string of the molecule is Cn1c(-c2cn[nH]c2)nnc1N1CCC(N2CCCS2(=O)=O)CC1. The van der Waals surface area contributed by atoms with Crippen molar-refractivity contribution in [3.8, 4) is 11.4 Å². The third-order valence-corrected chi connectivity index (χ3v) is 6.90. The smallest absolute Gasteiger partial charge is 0.227 e. The Morgan fingerprint density at radius 3 is 2.62 bits per heavy atom. The predicted molar refractivity (Wildman–Crippen MR) is 88.9 cm³/mol. The van der Waals surface area contributed by atoms with Crippen molar-refractivity contribution >= 4 is 16.0 Å². The molecule has 10 heteroatoms. The maximum absolute atomic E-state index is 12.1. The van der Waals surface area contributed by atoms with Crippen LogP contribution >= 0.6 is 0 Å². The highest BCUT2D eigenvalue weighted by Gasteiger charge is 2.36. The molecule has 130 valence electrons. The number of sulfonamides is 1. The van der Waals surface area contributed by atoms with Gasteiger partial charge in [-0.25, -0.2) is 8.42 Å². The van der Waals surface area contributed by atoms with E-state index in [-0.39, 0.29) is 6.04 Å². The maximum atomic E-state index is 12.1. The molecule has 2 aromatic heterocycles. The fourth-order valence-electron chi connectivity index (χ4n) is 3.64. The van der Waals surface area contributed by atoms with E-state index >= 15 is 0 Å². The van der Waals surface area contributed by atoms with E-state index in [0.717, 1.165) is 49.7 Å². The number of hydrogen-bond acceptors (Lipinski definition) is 6. The molecule has 4 rings (SSSR count). The van der Waals surface area contributed by atoms with E-state index in [4.69, 9.17) is 0 Å². The second-order valence-corrected chi connectivity index (χ2v) is 8.41. The molecule has 0 radical (unpaired) electrons. The summed E-state index contributed by atoms with van der Waals surface area (Å²) in [6.07, 6.45) is 5.91. The van der Waals surface area contributed by atoms with Crippen LogP contribution in [0.4, 0.5) is 5.95 Å². The van der Waals surface area contributed by atoms with Gasteiger partial charge in [-0.15, -0.1) is 10.2 Å². The number of nitrogens with one attached hydrogen (secondary N) is 1. The van der Waals surface area contributed by atoms with Crippen molar-refractivity contribution in [2.24, 2.45) is 7.05 Å². The summed E-state index contributed by atoms with van der Waals surface area (Å²) in [6.45, 7) is 2.24. The van der Waals surface area contributed by atoms with E-state index in [1.165, 1.54) is 0 Å². The summed E-state index contributed by atoms with van der Waals surface area (Å²) in [6, 6.07) is 0.121. The van der Waals surface area contributed by atoms with Gasteiger partial charge < -0.3 is 4.90 Å². The second kappa shape index (κ2) is 5.85. The quantitative estimate of drug-likeness (QED) is 0.848. The molecule has 2 aliphatic heterocycles.